The van der Waals surface area contributed by atoms with Gasteiger partial charge in [0.15, 0.2) is 5.34 Å². The fourth-order valence-electron chi connectivity index (χ4n) is 0.930. The maximum Gasteiger partial charge on any atom is 0.155 e. The maximum absolute atomic E-state index is 9.58. The zero-order valence-electron chi connectivity index (χ0n) is 8.49. The number of hydrogen-bond donors (Lipinski definition) is 0. The number of hydrogen-bond acceptors (Lipinski definition) is 3. The molecule has 0 aliphatic rings. The first-order chi connectivity index (χ1) is 6.12. The Morgan fingerprint density at radius 1 is 1.38 bits per heavy atom. The number of rotatable bonds is 6. The van der Waals surface area contributed by atoms with E-state index >= 15 is 0 Å². The van der Waals surface area contributed by atoms with Crippen LogP contribution in [0.4, 0.5) is 0 Å². The molecule has 3 heteroatoms. The van der Waals surface area contributed by atoms with Gasteiger partial charge in [-0.1, -0.05) is 32.1 Å². The minimum atomic E-state index is 0.110. The third-order valence-electron chi connectivity index (χ3n) is 1.67. The van der Waals surface area contributed by atoms with Gasteiger partial charge in [0, 0.05) is 0 Å². The van der Waals surface area contributed by atoms with Crippen LogP contribution in [-0.2, 0) is 4.84 Å². The lowest BCUT2D eigenvalue weighted by Gasteiger charge is -2.17. The molecule has 3 nitrogen and oxygen atoms in total. The molecule has 0 amide bonds. The molecular formula is C10H17NO2. The Labute approximate surface area is 79.4 Å². The fourth-order valence-corrected chi connectivity index (χ4v) is 0.930. The van der Waals surface area contributed by atoms with Crippen molar-refractivity contribution in [3.63, 3.8) is 0 Å². The van der Waals surface area contributed by atoms with Gasteiger partial charge in [0.05, 0.1) is 0 Å². The van der Waals surface area contributed by atoms with E-state index in [2.05, 4.69) is 30.1 Å². The molecule has 0 bridgehead atoms. The predicted molar refractivity (Wildman–Crippen MR) is 54.1 cm³/mol. The van der Waals surface area contributed by atoms with E-state index in [4.69, 9.17) is 0 Å². The molecule has 74 valence electrons. The van der Waals surface area contributed by atoms with Gasteiger partial charge in [-0.05, 0) is 24.8 Å². The Bertz CT molecular complexity index is 195. The second-order valence-corrected chi connectivity index (χ2v) is 3.53. The van der Waals surface area contributed by atoms with E-state index in [-0.39, 0.29) is 12.0 Å². The van der Waals surface area contributed by atoms with Gasteiger partial charge in [-0.15, -0.1) is 4.91 Å². The van der Waals surface area contributed by atoms with Crippen LogP contribution in [0.5, 0.6) is 0 Å². The van der Waals surface area contributed by atoms with Gasteiger partial charge < -0.3 is 4.84 Å². The van der Waals surface area contributed by atoms with Crippen molar-refractivity contribution in [1.29, 1.82) is 0 Å². The van der Waals surface area contributed by atoms with Gasteiger partial charge in [-0.2, -0.15) is 0 Å². The zero-order valence-corrected chi connectivity index (χ0v) is 8.49. The van der Waals surface area contributed by atoms with Crippen molar-refractivity contribution in [3.05, 3.63) is 29.2 Å². The number of nitrogens with zero attached hydrogens (tertiary/aromatic N) is 1. The SMILES string of the molecule is C/C=C/CC(C)(C)/C=C/CON=O. The highest BCUT2D eigenvalue weighted by Crippen LogP contribution is 2.22. The molecule has 0 N–H and O–H groups in total. The summed E-state index contributed by atoms with van der Waals surface area (Å²) in [5.41, 5.74) is 0.110. The van der Waals surface area contributed by atoms with E-state index in [0.29, 0.717) is 0 Å². The van der Waals surface area contributed by atoms with Crippen LogP contribution in [0, 0.1) is 10.3 Å². The van der Waals surface area contributed by atoms with Gasteiger partial charge in [0.2, 0.25) is 0 Å². The third-order valence-corrected chi connectivity index (χ3v) is 1.67. The third kappa shape index (κ3) is 7.25. The van der Waals surface area contributed by atoms with Crippen molar-refractivity contribution in [3.8, 4) is 0 Å². The molecule has 0 radical (unpaired) electrons. The highest BCUT2D eigenvalue weighted by Gasteiger charge is 2.10. The first-order valence-electron chi connectivity index (χ1n) is 4.36. The average molecular weight is 183 g/mol. The molecule has 0 aromatic rings. The first kappa shape index (κ1) is 11.9. The van der Waals surface area contributed by atoms with Crippen molar-refractivity contribution in [2.75, 3.05) is 6.61 Å². The van der Waals surface area contributed by atoms with E-state index in [1.807, 2.05) is 25.2 Å². The van der Waals surface area contributed by atoms with Crippen molar-refractivity contribution < 1.29 is 4.84 Å². The van der Waals surface area contributed by atoms with Crippen molar-refractivity contribution in [2.24, 2.45) is 10.8 Å². The lowest BCUT2D eigenvalue weighted by atomic mass is 9.89. The predicted octanol–water partition coefficient (Wildman–Crippen LogP) is 3.23. The Morgan fingerprint density at radius 3 is 2.62 bits per heavy atom. The molecule has 0 aromatic heterocycles. The smallest absolute Gasteiger partial charge is 0.155 e. The Balaban J connectivity index is 3.84. The fraction of sp³-hybridized carbons (Fsp3) is 0.600. The Morgan fingerprint density at radius 2 is 2.08 bits per heavy atom. The van der Waals surface area contributed by atoms with Crippen molar-refractivity contribution >= 4 is 0 Å². The minimum absolute atomic E-state index is 0.110. The summed E-state index contributed by atoms with van der Waals surface area (Å²) in [5, 5.41) is 2.30. The van der Waals surface area contributed by atoms with Gasteiger partial charge in [-0.25, -0.2) is 0 Å². The van der Waals surface area contributed by atoms with Crippen LogP contribution in [0.25, 0.3) is 0 Å². The first-order valence-corrected chi connectivity index (χ1v) is 4.36. The second kappa shape index (κ2) is 6.40. The number of allylic oxidation sites excluding steroid dienone is 3. The van der Waals surface area contributed by atoms with Crippen LogP contribution < -0.4 is 0 Å². The molecule has 0 aliphatic carbocycles. The molecule has 0 atom stereocenters. The lowest BCUT2D eigenvalue weighted by Crippen LogP contribution is -2.05. The van der Waals surface area contributed by atoms with Crippen LogP contribution >= 0.6 is 0 Å². The molecule has 0 saturated heterocycles. The monoisotopic (exact) mass is 183 g/mol. The molecule has 0 rings (SSSR count). The molecule has 0 aliphatic heterocycles. The molecule has 0 saturated carbocycles. The van der Waals surface area contributed by atoms with Gasteiger partial charge in [0.1, 0.15) is 6.61 Å². The Kier molecular flexibility index (Phi) is 5.85. The summed E-state index contributed by atoms with van der Waals surface area (Å²) in [7, 11) is 0. The molecule has 0 unspecified atom stereocenters. The summed E-state index contributed by atoms with van der Waals surface area (Å²) in [6, 6.07) is 0. The van der Waals surface area contributed by atoms with Gasteiger partial charge in [0.25, 0.3) is 0 Å². The molecule has 0 fully saturated rings. The van der Waals surface area contributed by atoms with E-state index in [1.54, 1.807) is 0 Å². The second-order valence-electron chi connectivity index (χ2n) is 3.53. The highest BCUT2D eigenvalue weighted by molar-refractivity contribution is 4.99. The molecule has 0 aromatic carbocycles. The van der Waals surface area contributed by atoms with Crippen LogP contribution in [0.15, 0.2) is 29.6 Å². The normalized spacial score (nSPS) is 12.5. The van der Waals surface area contributed by atoms with E-state index in [9.17, 15) is 4.91 Å². The zero-order chi connectivity index (χ0) is 10.2. The topological polar surface area (TPSA) is 38.7 Å². The van der Waals surface area contributed by atoms with E-state index < -0.39 is 0 Å². The minimum Gasteiger partial charge on any atom is -0.360 e. The van der Waals surface area contributed by atoms with Crippen LogP contribution in [-0.4, -0.2) is 6.61 Å². The summed E-state index contributed by atoms with van der Waals surface area (Å²) >= 11 is 0. The summed E-state index contributed by atoms with van der Waals surface area (Å²) in [5.74, 6) is 0. The Hall–Kier alpha value is -1.12. The van der Waals surface area contributed by atoms with E-state index in [1.165, 1.54) is 0 Å². The van der Waals surface area contributed by atoms with Gasteiger partial charge >= 0.3 is 0 Å². The molecule has 0 spiro atoms. The van der Waals surface area contributed by atoms with E-state index in [0.717, 1.165) is 6.42 Å². The van der Waals surface area contributed by atoms with Crippen molar-refractivity contribution in [1.82, 2.24) is 0 Å². The van der Waals surface area contributed by atoms with Crippen LogP contribution in [0.1, 0.15) is 27.2 Å². The summed E-state index contributed by atoms with van der Waals surface area (Å²) in [6.07, 6.45) is 8.96. The summed E-state index contributed by atoms with van der Waals surface area (Å²) in [4.78, 5) is 13.9. The largest absolute Gasteiger partial charge is 0.360 e. The summed E-state index contributed by atoms with van der Waals surface area (Å²) in [6.45, 7) is 6.50. The lowest BCUT2D eigenvalue weighted by molar-refractivity contribution is 0.169. The van der Waals surface area contributed by atoms with Gasteiger partial charge in [-0.3, -0.25) is 0 Å². The van der Waals surface area contributed by atoms with Crippen molar-refractivity contribution in [2.45, 2.75) is 27.2 Å². The van der Waals surface area contributed by atoms with Crippen LogP contribution in [0.3, 0.4) is 0 Å². The molecule has 13 heavy (non-hydrogen) atoms. The standard InChI is InChI=1S/C10H17NO2/c1-4-5-7-10(2,3)8-6-9-13-11-12/h4-6,8H,7,9H2,1-3H3/b5-4+,8-6+. The average Bonchev–Trinajstić information content (AvgIpc) is 2.09. The highest BCUT2D eigenvalue weighted by atomic mass is 16.7. The molecular weight excluding hydrogens is 166 g/mol. The maximum atomic E-state index is 9.58. The quantitative estimate of drug-likeness (QED) is 0.274. The molecule has 0 heterocycles. The van der Waals surface area contributed by atoms with Crippen LogP contribution in [0.2, 0.25) is 0 Å². The summed E-state index contributed by atoms with van der Waals surface area (Å²) < 4.78 is 0.